The second-order valence-electron chi connectivity index (χ2n) is 5.30. The zero-order valence-corrected chi connectivity index (χ0v) is 15.6. The molecule has 0 saturated carbocycles. The molecular formula is C14H31IN4O. The maximum atomic E-state index is 5.74. The molecule has 0 aromatic heterocycles. The van der Waals surface area contributed by atoms with Gasteiger partial charge in [-0.1, -0.05) is 6.92 Å². The van der Waals surface area contributed by atoms with Crippen molar-refractivity contribution in [1.29, 1.82) is 0 Å². The second kappa shape index (κ2) is 11.6. The molecule has 0 bridgehead atoms. The zero-order chi connectivity index (χ0) is 14.1. The Kier molecular flexibility index (Phi) is 11.5. The van der Waals surface area contributed by atoms with E-state index in [1.54, 1.807) is 0 Å². The van der Waals surface area contributed by atoms with Gasteiger partial charge in [0, 0.05) is 39.8 Å². The molecule has 2 unspecified atom stereocenters. The molecule has 0 radical (unpaired) electrons. The number of hydrogen-bond acceptors (Lipinski definition) is 3. The maximum absolute atomic E-state index is 5.74. The third-order valence-electron chi connectivity index (χ3n) is 3.20. The number of hydrogen-bond donors (Lipinski definition) is 2. The van der Waals surface area contributed by atoms with Crippen molar-refractivity contribution in [2.75, 3.05) is 39.8 Å². The summed E-state index contributed by atoms with van der Waals surface area (Å²) < 4.78 is 5.74. The zero-order valence-electron chi connectivity index (χ0n) is 13.3. The summed E-state index contributed by atoms with van der Waals surface area (Å²) in [6, 6.07) is 0. The van der Waals surface area contributed by atoms with Crippen LogP contribution in [-0.2, 0) is 4.74 Å². The third-order valence-corrected chi connectivity index (χ3v) is 3.20. The quantitative estimate of drug-likeness (QED) is 0.309. The van der Waals surface area contributed by atoms with Crippen LogP contribution in [0.5, 0.6) is 0 Å². The van der Waals surface area contributed by atoms with Gasteiger partial charge in [0.1, 0.15) is 0 Å². The Morgan fingerprint density at radius 2 is 1.80 bits per heavy atom. The van der Waals surface area contributed by atoms with Crippen LogP contribution < -0.4 is 10.6 Å². The van der Waals surface area contributed by atoms with Gasteiger partial charge in [0.2, 0.25) is 0 Å². The summed E-state index contributed by atoms with van der Waals surface area (Å²) in [6.45, 7) is 11.6. The fourth-order valence-electron chi connectivity index (χ4n) is 2.44. The molecule has 0 aliphatic carbocycles. The van der Waals surface area contributed by atoms with E-state index < -0.39 is 0 Å². The lowest BCUT2D eigenvalue weighted by atomic mass is 10.2. The Labute approximate surface area is 140 Å². The van der Waals surface area contributed by atoms with Crippen LogP contribution in [0, 0.1) is 0 Å². The van der Waals surface area contributed by atoms with Gasteiger partial charge in [-0.05, 0) is 26.7 Å². The highest BCUT2D eigenvalue weighted by Crippen LogP contribution is 2.10. The minimum absolute atomic E-state index is 0. The number of nitrogens with zero attached hydrogens (tertiary/aromatic N) is 2. The number of nitrogens with one attached hydrogen (secondary N) is 2. The molecule has 0 aromatic rings. The minimum atomic E-state index is 0. The first-order chi connectivity index (χ1) is 9.15. The summed E-state index contributed by atoms with van der Waals surface area (Å²) in [4.78, 5) is 6.68. The molecule has 2 atom stereocenters. The first-order valence-electron chi connectivity index (χ1n) is 7.48. The van der Waals surface area contributed by atoms with Crippen molar-refractivity contribution in [1.82, 2.24) is 15.5 Å². The van der Waals surface area contributed by atoms with E-state index in [9.17, 15) is 0 Å². The summed E-state index contributed by atoms with van der Waals surface area (Å²) in [5, 5.41) is 6.62. The van der Waals surface area contributed by atoms with Crippen LogP contribution >= 0.6 is 24.0 Å². The van der Waals surface area contributed by atoms with E-state index >= 15 is 0 Å². The molecule has 0 spiro atoms. The van der Waals surface area contributed by atoms with Gasteiger partial charge in [-0.15, -0.1) is 24.0 Å². The average Bonchev–Trinajstić information content (AvgIpc) is 2.37. The van der Waals surface area contributed by atoms with Gasteiger partial charge >= 0.3 is 0 Å². The summed E-state index contributed by atoms with van der Waals surface area (Å²) in [5.41, 5.74) is 0. The van der Waals surface area contributed by atoms with Crippen molar-refractivity contribution in [2.24, 2.45) is 4.99 Å². The molecular weight excluding hydrogens is 367 g/mol. The lowest BCUT2D eigenvalue weighted by molar-refractivity contribution is -0.0679. The number of halogens is 1. The summed E-state index contributed by atoms with van der Waals surface area (Å²) in [6.07, 6.45) is 2.96. The average molecular weight is 398 g/mol. The molecule has 120 valence electrons. The molecule has 1 rings (SSSR count). The van der Waals surface area contributed by atoms with Gasteiger partial charge < -0.3 is 15.4 Å². The Bertz CT molecular complexity index is 266. The van der Waals surface area contributed by atoms with Crippen LogP contribution in [-0.4, -0.2) is 62.8 Å². The molecule has 1 heterocycles. The molecule has 1 aliphatic rings. The van der Waals surface area contributed by atoms with Crippen LogP contribution in [0.25, 0.3) is 0 Å². The van der Waals surface area contributed by atoms with Gasteiger partial charge in [-0.3, -0.25) is 9.89 Å². The summed E-state index contributed by atoms with van der Waals surface area (Å²) >= 11 is 0. The van der Waals surface area contributed by atoms with Crippen molar-refractivity contribution in [3.63, 3.8) is 0 Å². The molecule has 1 aliphatic heterocycles. The number of aliphatic imine (C=N–C) groups is 1. The molecule has 0 aromatic carbocycles. The third kappa shape index (κ3) is 8.26. The number of guanidine groups is 1. The van der Waals surface area contributed by atoms with E-state index in [4.69, 9.17) is 4.74 Å². The molecule has 1 fully saturated rings. The summed E-state index contributed by atoms with van der Waals surface area (Å²) in [7, 11) is 1.82. The lowest BCUT2D eigenvalue weighted by Crippen LogP contribution is -2.46. The molecule has 6 heteroatoms. The molecule has 0 amide bonds. The SMILES string of the molecule is CCCNC(=NC)NCCCN1CC(C)OC(C)C1.I. The van der Waals surface area contributed by atoms with E-state index in [1.165, 1.54) is 0 Å². The normalized spacial score (nSPS) is 24.1. The largest absolute Gasteiger partial charge is 0.373 e. The van der Waals surface area contributed by atoms with Crippen molar-refractivity contribution >= 4 is 29.9 Å². The van der Waals surface area contributed by atoms with Gasteiger partial charge in [-0.2, -0.15) is 0 Å². The van der Waals surface area contributed by atoms with E-state index in [1.807, 2.05) is 7.05 Å². The van der Waals surface area contributed by atoms with Crippen molar-refractivity contribution in [2.45, 2.75) is 45.8 Å². The molecule has 5 nitrogen and oxygen atoms in total. The van der Waals surface area contributed by atoms with Gasteiger partial charge in [0.25, 0.3) is 0 Å². The second-order valence-corrected chi connectivity index (χ2v) is 5.30. The van der Waals surface area contributed by atoms with Gasteiger partial charge in [-0.25, -0.2) is 0 Å². The first-order valence-corrected chi connectivity index (χ1v) is 7.48. The topological polar surface area (TPSA) is 48.9 Å². The fraction of sp³-hybridized carbons (Fsp3) is 0.929. The van der Waals surface area contributed by atoms with E-state index in [0.717, 1.165) is 51.5 Å². The van der Waals surface area contributed by atoms with Gasteiger partial charge in [0.15, 0.2) is 5.96 Å². The van der Waals surface area contributed by atoms with Crippen LogP contribution in [0.3, 0.4) is 0 Å². The standard InChI is InChI=1S/C14H30N4O.HI/c1-5-7-16-14(15-4)17-8-6-9-18-10-12(2)19-13(3)11-18;/h12-13H,5-11H2,1-4H3,(H2,15,16,17);1H. The fourth-order valence-corrected chi connectivity index (χ4v) is 2.44. The number of rotatable bonds is 6. The van der Waals surface area contributed by atoms with Crippen molar-refractivity contribution in [3.05, 3.63) is 0 Å². The predicted octanol–water partition coefficient (Wildman–Crippen LogP) is 1.68. The monoisotopic (exact) mass is 398 g/mol. The summed E-state index contributed by atoms with van der Waals surface area (Å²) in [5.74, 6) is 0.908. The Morgan fingerprint density at radius 1 is 1.20 bits per heavy atom. The number of morpholine rings is 1. The van der Waals surface area contributed by atoms with Crippen LogP contribution in [0.1, 0.15) is 33.6 Å². The van der Waals surface area contributed by atoms with Crippen LogP contribution in [0.15, 0.2) is 4.99 Å². The van der Waals surface area contributed by atoms with E-state index in [-0.39, 0.29) is 24.0 Å². The van der Waals surface area contributed by atoms with Crippen molar-refractivity contribution < 1.29 is 4.74 Å². The lowest BCUT2D eigenvalue weighted by Gasteiger charge is -2.35. The number of ether oxygens (including phenoxy) is 1. The Hall–Kier alpha value is -0.0800. The van der Waals surface area contributed by atoms with Crippen LogP contribution in [0.2, 0.25) is 0 Å². The molecule has 20 heavy (non-hydrogen) atoms. The highest BCUT2D eigenvalue weighted by Gasteiger charge is 2.21. The van der Waals surface area contributed by atoms with E-state index in [2.05, 4.69) is 41.3 Å². The maximum Gasteiger partial charge on any atom is 0.190 e. The Morgan fingerprint density at radius 3 is 2.35 bits per heavy atom. The molecule has 1 saturated heterocycles. The predicted molar refractivity (Wildman–Crippen MR) is 96.1 cm³/mol. The smallest absolute Gasteiger partial charge is 0.190 e. The van der Waals surface area contributed by atoms with Gasteiger partial charge in [0.05, 0.1) is 12.2 Å². The Balaban J connectivity index is 0.00000361. The highest BCUT2D eigenvalue weighted by molar-refractivity contribution is 14.0. The highest BCUT2D eigenvalue weighted by atomic mass is 127. The minimum Gasteiger partial charge on any atom is -0.373 e. The van der Waals surface area contributed by atoms with Crippen LogP contribution in [0.4, 0.5) is 0 Å². The first kappa shape index (κ1) is 19.9. The van der Waals surface area contributed by atoms with Crippen molar-refractivity contribution in [3.8, 4) is 0 Å². The molecule has 2 N–H and O–H groups in total. The van der Waals surface area contributed by atoms with E-state index in [0.29, 0.717) is 12.2 Å².